The second kappa shape index (κ2) is 9.40. The van der Waals surface area contributed by atoms with Crippen LogP contribution in [0.15, 0.2) is 48.7 Å². The fourth-order valence-electron chi connectivity index (χ4n) is 4.38. The summed E-state index contributed by atoms with van der Waals surface area (Å²) in [5.74, 6) is -0.00253. The number of fused-ring (bicyclic) bond motifs is 3. The van der Waals surface area contributed by atoms with Crippen molar-refractivity contribution < 1.29 is 4.79 Å². The molecule has 0 aliphatic carbocycles. The molecule has 1 aliphatic heterocycles. The van der Waals surface area contributed by atoms with Crippen LogP contribution in [0.2, 0.25) is 0 Å². The molecule has 0 spiro atoms. The van der Waals surface area contributed by atoms with Crippen molar-refractivity contribution in [3.8, 4) is 11.3 Å². The zero-order chi connectivity index (χ0) is 21.9. The Kier molecular flexibility index (Phi) is 6.21. The first-order chi connectivity index (χ1) is 15.7. The first-order valence-corrected chi connectivity index (χ1v) is 12.2. The first-order valence-electron chi connectivity index (χ1n) is 11.4. The number of nitrogens with zero attached hydrogens (tertiary/aromatic N) is 3. The van der Waals surface area contributed by atoms with Gasteiger partial charge in [0.1, 0.15) is 0 Å². The van der Waals surface area contributed by atoms with Crippen molar-refractivity contribution in [2.24, 2.45) is 5.73 Å². The number of benzene rings is 2. The lowest BCUT2D eigenvalue weighted by Crippen LogP contribution is -2.33. The summed E-state index contributed by atoms with van der Waals surface area (Å²) < 4.78 is 3.17. The molecular formula is C25H29N5OS. The fourth-order valence-corrected chi connectivity index (χ4v) is 5.43. The summed E-state index contributed by atoms with van der Waals surface area (Å²) in [6.45, 7) is 4.72. The SMILES string of the molecule is NCc1ccc(-c2cn3c(n2)sc2cc(C(=O)NCCCN4CCCCC4)ccc23)cc1. The smallest absolute Gasteiger partial charge is 0.251 e. The lowest BCUT2D eigenvalue weighted by atomic mass is 10.1. The number of rotatable bonds is 7. The Morgan fingerprint density at radius 3 is 2.69 bits per heavy atom. The molecule has 7 heteroatoms. The molecule has 3 N–H and O–H groups in total. The van der Waals surface area contributed by atoms with Gasteiger partial charge in [-0.15, -0.1) is 0 Å². The number of nitrogens with two attached hydrogens (primary N) is 1. The number of thiazole rings is 1. The number of piperidine rings is 1. The van der Waals surface area contributed by atoms with E-state index in [2.05, 4.69) is 32.9 Å². The van der Waals surface area contributed by atoms with E-state index in [1.807, 2.05) is 30.3 Å². The summed E-state index contributed by atoms with van der Waals surface area (Å²) in [4.78, 5) is 20.9. The topological polar surface area (TPSA) is 75.7 Å². The van der Waals surface area contributed by atoms with Crippen LogP contribution in [0.4, 0.5) is 0 Å². The van der Waals surface area contributed by atoms with Gasteiger partial charge in [-0.1, -0.05) is 42.0 Å². The quantitative estimate of drug-likeness (QED) is 0.415. The Hall–Kier alpha value is -2.74. The van der Waals surface area contributed by atoms with Gasteiger partial charge in [0, 0.05) is 30.4 Å². The molecule has 0 radical (unpaired) electrons. The molecular weight excluding hydrogens is 418 g/mol. The molecule has 3 heterocycles. The van der Waals surface area contributed by atoms with Gasteiger partial charge in [-0.05, 0) is 62.7 Å². The molecule has 4 aromatic rings. The van der Waals surface area contributed by atoms with Gasteiger partial charge < -0.3 is 16.0 Å². The maximum absolute atomic E-state index is 12.6. The Labute approximate surface area is 192 Å². The number of hydrogen-bond donors (Lipinski definition) is 2. The standard InChI is InChI=1S/C25H29N5OS/c26-16-18-5-7-19(8-6-18)21-17-30-22-10-9-20(15-23(22)32-25(30)28-21)24(31)27-11-4-14-29-12-2-1-3-13-29/h5-10,15,17H,1-4,11-14,16,26H2,(H,27,31). The van der Waals surface area contributed by atoms with Crippen LogP contribution < -0.4 is 11.1 Å². The largest absolute Gasteiger partial charge is 0.352 e. The van der Waals surface area contributed by atoms with E-state index in [1.165, 1.54) is 32.4 Å². The zero-order valence-electron chi connectivity index (χ0n) is 18.2. The molecule has 1 amide bonds. The van der Waals surface area contributed by atoms with E-state index >= 15 is 0 Å². The number of hydrogen-bond acceptors (Lipinski definition) is 5. The predicted molar refractivity (Wildman–Crippen MR) is 131 cm³/mol. The third-order valence-corrected chi connectivity index (χ3v) is 7.24. The highest BCUT2D eigenvalue weighted by molar-refractivity contribution is 7.23. The summed E-state index contributed by atoms with van der Waals surface area (Å²) in [7, 11) is 0. The number of carbonyl (C=O) groups excluding carboxylic acids is 1. The minimum Gasteiger partial charge on any atom is -0.352 e. The Morgan fingerprint density at radius 1 is 1.09 bits per heavy atom. The van der Waals surface area contributed by atoms with Gasteiger partial charge in [0.2, 0.25) is 0 Å². The lowest BCUT2D eigenvalue weighted by Gasteiger charge is -2.26. The number of aromatic nitrogens is 2. The Balaban J connectivity index is 1.25. The van der Waals surface area contributed by atoms with Crippen LogP contribution in [0, 0.1) is 0 Å². The molecule has 0 unspecified atom stereocenters. The Morgan fingerprint density at radius 2 is 1.91 bits per heavy atom. The molecule has 2 aromatic heterocycles. The van der Waals surface area contributed by atoms with Crippen molar-refractivity contribution in [3.05, 3.63) is 59.8 Å². The van der Waals surface area contributed by atoms with E-state index in [0.717, 1.165) is 45.0 Å². The van der Waals surface area contributed by atoms with Gasteiger partial charge in [-0.25, -0.2) is 4.98 Å². The normalized spacial score (nSPS) is 14.9. The lowest BCUT2D eigenvalue weighted by molar-refractivity contribution is 0.0951. The van der Waals surface area contributed by atoms with Gasteiger partial charge in [-0.2, -0.15) is 0 Å². The zero-order valence-corrected chi connectivity index (χ0v) is 19.0. The van der Waals surface area contributed by atoms with Crippen LogP contribution >= 0.6 is 11.3 Å². The number of nitrogens with one attached hydrogen (secondary N) is 1. The number of likely N-dealkylation sites (tertiary alicyclic amines) is 1. The van der Waals surface area contributed by atoms with Crippen LogP contribution in [0.5, 0.6) is 0 Å². The predicted octanol–water partition coefficient (Wildman–Crippen LogP) is 4.28. The molecule has 5 rings (SSSR count). The van der Waals surface area contributed by atoms with E-state index in [9.17, 15) is 4.79 Å². The summed E-state index contributed by atoms with van der Waals surface area (Å²) in [6, 6.07) is 14.1. The molecule has 2 aromatic carbocycles. The highest BCUT2D eigenvalue weighted by atomic mass is 32.1. The van der Waals surface area contributed by atoms with Crippen LogP contribution in [0.25, 0.3) is 26.4 Å². The van der Waals surface area contributed by atoms with Crippen molar-refractivity contribution >= 4 is 32.4 Å². The van der Waals surface area contributed by atoms with E-state index in [0.29, 0.717) is 18.7 Å². The second-order valence-electron chi connectivity index (χ2n) is 8.48. The third kappa shape index (κ3) is 4.41. The van der Waals surface area contributed by atoms with Crippen molar-refractivity contribution in [2.45, 2.75) is 32.2 Å². The van der Waals surface area contributed by atoms with E-state index < -0.39 is 0 Å². The van der Waals surface area contributed by atoms with Crippen LogP contribution in [0.1, 0.15) is 41.6 Å². The molecule has 0 atom stereocenters. The molecule has 0 saturated carbocycles. The van der Waals surface area contributed by atoms with E-state index in [4.69, 9.17) is 10.7 Å². The van der Waals surface area contributed by atoms with E-state index in [1.54, 1.807) is 11.3 Å². The average molecular weight is 448 g/mol. The van der Waals surface area contributed by atoms with Crippen molar-refractivity contribution in [2.75, 3.05) is 26.2 Å². The van der Waals surface area contributed by atoms with E-state index in [-0.39, 0.29) is 5.91 Å². The van der Waals surface area contributed by atoms with Gasteiger partial charge in [0.25, 0.3) is 5.91 Å². The highest BCUT2D eigenvalue weighted by Crippen LogP contribution is 2.30. The first kappa shape index (κ1) is 21.1. The summed E-state index contributed by atoms with van der Waals surface area (Å²) in [5, 5.41) is 3.08. The maximum atomic E-state index is 12.6. The number of amides is 1. The van der Waals surface area contributed by atoms with Crippen LogP contribution in [-0.2, 0) is 6.54 Å². The molecule has 32 heavy (non-hydrogen) atoms. The van der Waals surface area contributed by atoms with Gasteiger partial charge >= 0.3 is 0 Å². The number of imidazole rings is 1. The Bertz CT molecular complexity index is 1220. The second-order valence-corrected chi connectivity index (χ2v) is 9.49. The van der Waals surface area contributed by atoms with Gasteiger partial charge in [0.05, 0.1) is 15.9 Å². The van der Waals surface area contributed by atoms with Crippen LogP contribution in [0.3, 0.4) is 0 Å². The summed E-state index contributed by atoms with van der Waals surface area (Å²) >= 11 is 1.61. The highest BCUT2D eigenvalue weighted by Gasteiger charge is 2.14. The molecule has 0 bridgehead atoms. The molecule has 166 valence electrons. The monoisotopic (exact) mass is 447 g/mol. The fraction of sp³-hybridized carbons (Fsp3) is 0.360. The molecule has 6 nitrogen and oxygen atoms in total. The van der Waals surface area contributed by atoms with Crippen molar-refractivity contribution in [3.63, 3.8) is 0 Å². The third-order valence-electron chi connectivity index (χ3n) is 6.23. The van der Waals surface area contributed by atoms with Crippen LogP contribution in [-0.4, -0.2) is 46.4 Å². The molecule has 1 saturated heterocycles. The maximum Gasteiger partial charge on any atom is 0.251 e. The van der Waals surface area contributed by atoms with Gasteiger partial charge in [-0.3, -0.25) is 9.20 Å². The molecule has 1 fully saturated rings. The number of carbonyl (C=O) groups is 1. The van der Waals surface area contributed by atoms with Gasteiger partial charge in [0.15, 0.2) is 4.96 Å². The van der Waals surface area contributed by atoms with Crippen molar-refractivity contribution in [1.82, 2.24) is 19.6 Å². The van der Waals surface area contributed by atoms with Crippen molar-refractivity contribution in [1.29, 1.82) is 0 Å². The molecule has 1 aliphatic rings. The average Bonchev–Trinajstić information content (AvgIpc) is 3.40. The summed E-state index contributed by atoms with van der Waals surface area (Å²) in [5.41, 5.74) is 10.6. The minimum atomic E-state index is -0.00253. The minimum absolute atomic E-state index is 0.00253. The summed E-state index contributed by atoms with van der Waals surface area (Å²) in [6.07, 6.45) is 7.02.